The Morgan fingerprint density at radius 3 is 1.96 bits per heavy atom. The molecule has 1 rings (SSSR count). The molecule has 5 nitrogen and oxygen atoms in total. The predicted molar refractivity (Wildman–Crippen MR) is 82.7 cm³/mol. The molecule has 24 heavy (non-hydrogen) atoms. The van der Waals surface area contributed by atoms with Crippen LogP contribution in [0.4, 0.5) is 18.0 Å². The van der Waals surface area contributed by atoms with Gasteiger partial charge < -0.3 is 15.7 Å². The lowest BCUT2D eigenvalue weighted by atomic mass is 9.93. The van der Waals surface area contributed by atoms with Crippen molar-refractivity contribution in [3.63, 3.8) is 0 Å². The van der Waals surface area contributed by atoms with Gasteiger partial charge in [0.15, 0.2) is 0 Å². The van der Waals surface area contributed by atoms with Gasteiger partial charge in [0.25, 0.3) is 0 Å². The molecular weight excluding hydrogens is 325 g/mol. The molecule has 1 atom stereocenters. The monoisotopic (exact) mass is 346 g/mol. The Balaban J connectivity index is 2.66. The molecule has 0 aliphatic heterocycles. The van der Waals surface area contributed by atoms with Crippen LogP contribution >= 0.6 is 0 Å². The molecular formula is C16H21F3N2O3. The number of carbonyl (C=O) groups excluding carboxylic acids is 1. The van der Waals surface area contributed by atoms with Gasteiger partial charge in [-0.05, 0) is 38.3 Å². The van der Waals surface area contributed by atoms with Gasteiger partial charge in [-0.15, -0.1) is 0 Å². The lowest BCUT2D eigenvalue weighted by molar-refractivity contribution is -0.127. The number of halogens is 3. The summed E-state index contributed by atoms with van der Waals surface area (Å²) in [5, 5.41) is 13.4. The summed E-state index contributed by atoms with van der Waals surface area (Å²) in [6.45, 7) is 4.93. The number of rotatable bonds is 6. The maximum Gasteiger partial charge on any atom is 0.405 e. The Labute approximate surface area is 138 Å². The van der Waals surface area contributed by atoms with Crippen LogP contribution in [0.15, 0.2) is 24.3 Å². The van der Waals surface area contributed by atoms with Gasteiger partial charge >= 0.3 is 12.3 Å². The van der Waals surface area contributed by atoms with Gasteiger partial charge in [-0.1, -0.05) is 24.3 Å². The maximum atomic E-state index is 12.3. The van der Waals surface area contributed by atoms with Gasteiger partial charge in [0.1, 0.15) is 6.04 Å². The molecule has 0 radical (unpaired) electrons. The highest BCUT2D eigenvalue weighted by Crippen LogP contribution is 2.22. The molecule has 0 bridgehead atoms. The average Bonchev–Trinajstić information content (AvgIpc) is 2.37. The van der Waals surface area contributed by atoms with Crippen LogP contribution in [0.2, 0.25) is 0 Å². The van der Waals surface area contributed by atoms with Crippen LogP contribution in [0.25, 0.3) is 0 Å². The number of benzene rings is 1. The number of hydrogen-bond acceptors (Lipinski definition) is 2. The van der Waals surface area contributed by atoms with Crippen LogP contribution < -0.4 is 10.6 Å². The molecule has 0 saturated heterocycles. The van der Waals surface area contributed by atoms with Gasteiger partial charge in [0.05, 0.1) is 6.42 Å². The van der Waals surface area contributed by atoms with Crippen molar-refractivity contribution < 1.29 is 27.9 Å². The Morgan fingerprint density at radius 1 is 1.08 bits per heavy atom. The van der Waals surface area contributed by atoms with Crippen LogP contribution in [0.5, 0.6) is 0 Å². The van der Waals surface area contributed by atoms with Crippen molar-refractivity contribution in [3.8, 4) is 0 Å². The van der Waals surface area contributed by atoms with Crippen molar-refractivity contribution in [1.82, 2.24) is 10.6 Å². The van der Waals surface area contributed by atoms with E-state index in [1.165, 1.54) is 19.1 Å². The van der Waals surface area contributed by atoms with Crippen LogP contribution in [0, 0.1) is 0 Å². The van der Waals surface area contributed by atoms with E-state index in [-0.39, 0.29) is 5.56 Å². The summed E-state index contributed by atoms with van der Waals surface area (Å²) in [4.78, 5) is 22.5. The quantitative estimate of drug-likeness (QED) is 0.741. The number of carboxylic acid groups (broad SMARTS) is 1. The first-order valence-electron chi connectivity index (χ1n) is 7.34. The summed E-state index contributed by atoms with van der Waals surface area (Å²) in [5.74, 6) is -0.476. The highest BCUT2D eigenvalue weighted by Gasteiger charge is 2.28. The van der Waals surface area contributed by atoms with Crippen LogP contribution in [0.1, 0.15) is 31.9 Å². The zero-order valence-corrected chi connectivity index (χ0v) is 13.7. The van der Waals surface area contributed by atoms with Crippen LogP contribution in [-0.2, 0) is 17.6 Å². The molecule has 3 N–H and O–H groups in total. The molecule has 0 heterocycles. The van der Waals surface area contributed by atoms with Gasteiger partial charge in [-0.25, -0.2) is 4.79 Å². The number of carbonyl (C=O) groups is 2. The molecule has 0 fully saturated rings. The second-order valence-corrected chi connectivity index (χ2v) is 6.33. The zero-order chi connectivity index (χ0) is 18.5. The second kappa shape index (κ2) is 7.55. The van der Waals surface area contributed by atoms with Crippen molar-refractivity contribution >= 4 is 12.0 Å². The number of hydrogen-bond donors (Lipinski definition) is 3. The number of amides is 2. The molecule has 0 aliphatic carbocycles. The SMILES string of the molecule is CC(NC(=O)O)C(=O)NC(C)(C)Cc1ccc(CC(F)(F)F)cc1. The first-order chi connectivity index (χ1) is 10.9. The predicted octanol–water partition coefficient (Wildman–Crippen LogP) is 2.88. The fraction of sp³-hybridized carbons (Fsp3) is 0.500. The van der Waals surface area contributed by atoms with Crippen molar-refractivity contribution in [2.75, 3.05) is 0 Å². The van der Waals surface area contributed by atoms with E-state index in [0.29, 0.717) is 6.42 Å². The smallest absolute Gasteiger partial charge is 0.405 e. The Morgan fingerprint density at radius 2 is 1.54 bits per heavy atom. The Kier molecular flexibility index (Phi) is 6.22. The maximum absolute atomic E-state index is 12.3. The minimum atomic E-state index is -4.25. The summed E-state index contributed by atoms with van der Waals surface area (Å²) in [6, 6.07) is 5.10. The molecule has 0 aliphatic rings. The van der Waals surface area contributed by atoms with E-state index in [1.54, 1.807) is 26.0 Å². The molecule has 134 valence electrons. The molecule has 0 aromatic heterocycles. The molecule has 2 amide bonds. The minimum absolute atomic E-state index is 0.173. The van der Waals surface area contributed by atoms with Crippen molar-refractivity contribution in [1.29, 1.82) is 0 Å². The summed E-state index contributed by atoms with van der Waals surface area (Å²) in [5.41, 5.74) is 0.259. The van der Waals surface area contributed by atoms with Gasteiger partial charge in [-0.2, -0.15) is 13.2 Å². The lowest BCUT2D eigenvalue weighted by Crippen LogP contribution is -2.52. The normalized spacial score (nSPS) is 13.2. The van der Waals surface area contributed by atoms with Crippen molar-refractivity contribution in [2.24, 2.45) is 0 Å². The summed E-state index contributed by atoms with van der Waals surface area (Å²) >= 11 is 0. The van der Waals surface area contributed by atoms with E-state index in [0.717, 1.165) is 5.56 Å². The third-order valence-corrected chi connectivity index (χ3v) is 3.27. The zero-order valence-electron chi connectivity index (χ0n) is 13.7. The van der Waals surface area contributed by atoms with E-state index >= 15 is 0 Å². The second-order valence-electron chi connectivity index (χ2n) is 6.33. The molecule has 0 saturated carbocycles. The summed E-state index contributed by atoms with van der Waals surface area (Å²) < 4.78 is 37.0. The minimum Gasteiger partial charge on any atom is -0.465 e. The lowest BCUT2D eigenvalue weighted by Gasteiger charge is -2.28. The van der Waals surface area contributed by atoms with E-state index < -0.39 is 36.2 Å². The largest absolute Gasteiger partial charge is 0.465 e. The van der Waals surface area contributed by atoms with Crippen LogP contribution in [0.3, 0.4) is 0 Å². The van der Waals surface area contributed by atoms with Crippen molar-refractivity contribution in [2.45, 2.75) is 51.4 Å². The standard InChI is InChI=1S/C16H21F3N2O3/c1-10(20-14(23)24)13(22)21-15(2,3)8-11-4-6-12(7-5-11)9-16(17,18)19/h4-7,10,20H,8-9H2,1-3H3,(H,21,22)(H,23,24). The first-order valence-corrected chi connectivity index (χ1v) is 7.34. The third-order valence-electron chi connectivity index (χ3n) is 3.27. The summed E-state index contributed by atoms with van der Waals surface area (Å²) in [6.07, 6.45) is -6.13. The number of nitrogens with one attached hydrogen (secondary N) is 2. The van der Waals surface area contributed by atoms with Gasteiger partial charge in [-0.3, -0.25) is 4.79 Å². The molecule has 0 spiro atoms. The Bertz CT molecular complexity index is 583. The topological polar surface area (TPSA) is 78.4 Å². The van der Waals surface area contributed by atoms with Gasteiger partial charge in [0.2, 0.25) is 5.91 Å². The molecule has 1 aromatic rings. The van der Waals surface area contributed by atoms with Crippen LogP contribution in [-0.4, -0.2) is 34.9 Å². The molecule has 8 heteroatoms. The van der Waals surface area contributed by atoms with E-state index in [4.69, 9.17) is 5.11 Å². The highest BCUT2D eigenvalue weighted by molar-refractivity contribution is 5.85. The van der Waals surface area contributed by atoms with E-state index in [2.05, 4.69) is 10.6 Å². The van der Waals surface area contributed by atoms with Gasteiger partial charge in [0, 0.05) is 5.54 Å². The summed E-state index contributed by atoms with van der Waals surface area (Å²) in [7, 11) is 0. The number of alkyl halides is 3. The Hall–Kier alpha value is -2.25. The fourth-order valence-corrected chi connectivity index (χ4v) is 2.25. The fourth-order valence-electron chi connectivity index (χ4n) is 2.25. The first kappa shape index (κ1) is 19.8. The molecule has 1 aromatic carbocycles. The van der Waals surface area contributed by atoms with Crippen molar-refractivity contribution in [3.05, 3.63) is 35.4 Å². The highest BCUT2D eigenvalue weighted by atomic mass is 19.4. The third kappa shape index (κ3) is 7.34. The van der Waals surface area contributed by atoms with E-state index in [9.17, 15) is 22.8 Å². The van der Waals surface area contributed by atoms with E-state index in [1.807, 2.05) is 0 Å². The molecule has 1 unspecified atom stereocenters. The average molecular weight is 346 g/mol.